The molecule has 0 amide bonds. The van der Waals surface area contributed by atoms with Gasteiger partial charge < -0.3 is 15.4 Å². The Labute approximate surface area is 139 Å². The number of nitriles is 1. The fourth-order valence-corrected chi connectivity index (χ4v) is 4.69. The van der Waals surface area contributed by atoms with Gasteiger partial charge in [0.1, 0.15) is 11.9 Å². The topological polar surface area (TPSA) is 75.2 Å². The Hall–Kier alpha value is -1.68. The second kappa shape index (κ2) is 5.75. The molecule has 5 nitrogen and oxygen atoms in total. The van der Waals surface area contributed by atoms with Crippen molar-refractivity contribution in [2.75, 3.05) is 24.6 Å². The Balaban J connectivity index is 1.66. The average Bonchev–Trinajstić information content (AvgIpc) is 3.07. The number of nitrogens with two attached hydrogens (primary N) is 1. The molecule has 1 saturated heterocycles. The third kappa shape index (κ3) is 2.59. The van der Waals surface area contributed by atoms with E-state index in [2.05, 4.69) is 16.0 Å². The minimum Gasteiger partial charge on any atom is -0.371 e. The van der Waals surface area contributed by atoms with Crippen LogP contribution in [0.2, 0.25) is 0 Å². The Kier molecular flexibility index (Phi) is 3.72. The second-order valence-electron chi connectivity index (χ2n) is 6.56. The highest BCUT2D eigenvalue weighted by atomic mass is 32.1. The van der Waals surface area contributed by atoms with Crippen LogP contribution in [-0.4, -0.2) is 36.3 Å². The van der Waals surface area contributed by atoms with Crippen LogP contribution < -0.4 is 10.6 Å². The largest absolute Gasteiger partial charge is 0.371 e. The van der Waals surface area contributed by atoms with E-state index in [4.69, 9.17) is 10.5 Å². The minimum absolute atomic E-state index is 0.0761. The predicted molar refractivity (Wildman–Crippen MR) is 91.7 cm³/mol. The lowest BCUT2D eigenvalue weighted by Crippen LogP contribution is -2.54. The third-order valence-corrected chi connectivity index (χ3v) is 5.99. The lowest BCUT2D eigenvalue weighted by Gasteiger charge is -2.46. The number of fused-ring (bicyclic) bond motifs is 1. The molecule has 0 bridgehead atoms. The number of nitrogens with zero attached hydrogens (tertiary/aromatic N) is 3. The van der Waals surface area contributed by atoms with Gasteiger partial charge in [0.2, 0.25) is 0 Å². The van der Waals surface area contributed by atoms with Crippen molar-refractivity contribution in [3.63, 3.8) is 0 Å². The first kappa shape index (κ1) is 14.9. The molecule has 2 aromatic heterocycles. The molecule has 2 aromatic rings. The maximum atomic E-state index is 9.25. The number of morpholine rings is 1. The monoisotopic (exact) mass is 328 g/mol. The van der Waals surface area contributed by atoms with E-state index in [-0.39, 0.29) is 5.60 Å². The molecule has 0 aromatic carbocycles. The molecule has 1 aliphatic heterocycles. The first-order valence-electron chi connectivity index (χ1n) is 8.12. The van der Waals surface area contributed by atoms with Crippen LogP contribution in [-0.2, 0) is 4.74 Å². The fraction of sp³-hybridized carbons (Fsp3) is 0.529. The van der Waals surface area contributed by atoms with E-state index in [9.17, 15) is 5.26 Å². The molecular formula is C17H20N4OS. The van der Waals surface area contributed by atoms with Gasteiger partial charge in [-0.15, -0.1) is 11.3 Å². The van der Waals surface area contributed by atoms with Gasteiger partial charge in [-0.3, -0.25) is 0 Å². The number of anilines is 1. The third-order valence-electron chi connectivity index (χ3n) is 5.08. The van der Waals surface area contributed by atoms with Crippen LogP contribution in [0.3, 0.4) is 0 Å². The number of rotatable bonds is 1. The summed E-state index contributed by atoms with van der Waals surface area (Å²) in [6.45, 7) is 2.44. The number of ether oxygens (including phenoxy) is 1. The van der Waals surface area contributed by atoms with Crippen LogP contribution in [0.4, 0.5) is 5.82 Å². The van der Waals surface area contributed by atoms with Crippen LogP contribution in [0, 0.1) is 11.3 Å². The van der Waals surface area contributed by atoms with Gasteiger partial charge in [0.15, 0.2) is 0 Å². The molecule has 2 fully saturated rings. The molecule has 0 radical (unpaired) electrons. The smallest absolute Gasteiger partial charge is 0.146 e. The molecule has 6 heteroatoms. The van der Waals surface area contributed by atoms with E-state index >= 15 is 0 Å². The second-order valence-corrected chi connectivity index (χ2v) is 7.48. The van der Waals surface area contributed by atoms with Gasteiger partial charge in [-0.2, -0.15) is 5.26 Å². The summed E-state index contributed by atoms with van der Waals surface area (Å²) in [6.07, 6.45) is 5.80. The van der Waals surface area contributed by atoms with Crippen molar-refractivity contribution in [1.29, 1.82) is 5.26 Å². The molecular weight excluding hydrogens is 308 g/mol. The van der Waals surface area contributed by atoms with E-state index in [0.717, 1.165) is 61.3 Å². The maximum Gasteiger partial charge on any atom is 0.146 e. The van der Waals surface area contributed by atoms with Gasteiger partial charge in [0.25, 0.3) is 0 Å². The predicted octanol–water partition coefficient (Wildman–Crippen LogP) is 2.64. The number of aromatic nitrogens is 1. The van der Waals surface area contributed by atoms with Gasteiger partial charge in [0.05, 0.1) is 22.5 Å². The first-order valence-corrected chi connectivity index (χ1v) is 8.99. The molecule has 4 rings (SSSR count). The van der Waals surface area contributed by atoms with Crippen molar-refractivity contribution >= 4 is 27.2 Å². The molecule has 23 heavy (non-hydrogen) atoms. The van der Waals surface area contributed by atoms with E-state index in [1.165, 1.54) is 0 Å². The zero-order valence-electron chi connectivity index (χ0n) is 13.0. The summed E-state index contributed by atoms with van der Waals surface area (Å²) >= 11 is 1.66. The zero-order chi connectivity index (χ0) is 15.9. The van der Waals surface area contributed by atoms with Crippen LogP contribution in [0.1, 0.15) is 31.2 Å². The number of thiophene rings is 1. The fourth-order valence-electron chi connectivity index (χ4n) is 3.76. The highest BCUT2D eigenvalue weighted by Gasteiger charge is 2.40. The molecule has 1 saturated carbocycles. The molecule has 0 unspecified atom stereocenters. The van der Waals surface area contributed by atoms with E-state index in [1.807, 2.05) is 11.4 Å². The van der Waals surface area contributed by atoms with E-state index in [0.29, 0.717) is 11.6 Å². The van der Waals surface area contributed by atoms with Crippen molar-refractivity contribution in [2.45, 2.75) is 37.3 Å². The highest BCUT2D eigenvalue weighted by Crippen LogP contribution is 2.38. The van der Waals surface area contributed by atoms with Gasteiger partial charge >= 0.3 is 0 Å². The molecule has 2 aliphatic rings. The van der Waals surface area contributed by atoms with Crippen LogP contribution in [0.25, 0.3) is 10.1 Å². The maximum absolute atomic E-state index is 9.25. The first-order chi connectivity index (χ1) is 11.2. The van der Waals surface area contributed by atoms with Crippen molar-refractivity contribution < 1.29 is 4.74 Å². The summed E-state index contributed by atoms with van der Waals surface area (Å²) in [7, 11) is 0. The standard InChI is InChI=1S/C17H20N4OS/c18-9-12-10-20-16(15-14(12)3-8-23-15)21-6-7-22-17(11-21)4-1-13(19)2-5-17/h3,8,10,13H,1-2,4-7,11,19H2. The quantitative estimate of drug-likeness (QED) is 0.871. The molecule has 0 atom stereocenters. The Morgan fingerprint density at radius 3 is 3.04 bits per heavy atom. The normalized spacial score (nSPS) is 28.2. The molecule has 2 N–H and O–H groups in total. The lowest BCUT2D eigenvalue weighted by atomic mass is 9.81. The molecule has 120 valence electrons. The van der Waals surface area contributed by atoms with Crippen LogP contribution >= 0.6 is 11.3 Å². The number of hydrogen-bond acceptors (Lipinski definition) is 6. The number of pyridine rings is 1. The van der Waals surface area contributed by atoms with E-state index in [1.54, 1.807) is 17.5 Å². The Bertz CT molecular complexity index is 758. The van der Waals surface area contributed by atoms with Crippen molar-refractivity contribution in [3.8, 4) is 6.07 Å². The summed E-state index contributed by atoms with van der Waals surface area (Å²) in [5.41, 5.74) is 6.63. The highest BCUT2D eigenvalue weighted by molar-refractivity contribution is 7.17. The zero-order valence-corrected chi connectivity index (χ0v) is 13.8. The van der Waals surface area contributed by atoms with E-state index < -0.39 is 0 Å². The van der Waals surface area contributed by atoms with Crippen molar-refractivity contribution in [3.05, 3.63) is 23.2 Å². The van der Waals surface area contributed by atoms with Gasteiger partial charge in [-0.05, 0) is 37.1 Å². The molecule has 1 spiro atoms. The van der Waals surface area contributed by atoms with Gasteiger partial charge in [-0.25, -0.2) is 4.98 Å². The summed E-state index contributed by atoms with van der Waals surface area (Å²) in [5.74, 6) is 0.992. The Morgan fingerprint density at radius 1 is 1.43 bits per heavy atom. The van der Waals surface area contributed by atoms with Gasteiger partial charge in [-0.1, -0.05) is 0 Å². The van der Waals surface area contributed by atoms with Crippen LogP contribution in [0.5, 0.6) is 0 Å². The van der Waals surface area contributed by atoms with Crippen molar-refractivity contribution in [1.82, 2.24) is 4.98 Å². The summed E-state index contributed by atoms with van der Waals surface area (Å²) in [4.78, 5) is 6.93. The van der Waals surface area contributed by atoms with Gasteiger partial charge in [0, 0.05) is 30.7 Å². The molecule has 3 heterocycles. The minimum atomic E-state index is -0.0761. The lowest BCUT2D eigenvalue weighted by molar-refractivity contribution is -0.0806. The Morgan fingerprint density at radius 2 is 2.26 bits per heavy atom. The molecule has 1 aliphatic carbocycles. The number of hydrogen-bond donors (Lipinski definition) is 1. The SMILES string of the molecule is N#Cc1cnc(N2CCOC3(CCC(N)CC3)C2)c2sccc12. The van der Waals surface area contributed by atoms with Crippen molar-refractivity contribution in [2.24, 2.45) is 5.73 Å². The van der Waals surface area contributed by atoms with Crippen LogP contribution in [0.15, 0.2) is 17.6 Å². The average molecular weight is 328 g/mol. The summed E-state index contributed by atoms with van der Waals surface area (Å²) in [6, 6.07) is 4.56. The summed E-state index contributed by atoms with van der Waals surface area (Å²) < 4.78 is 7.28. The summed E-state index contributed by atoms with van der Waals surface area (Å²) in [5, 5.41) is 12.3.